The molecule has 2 fully saturated rings. The van der Waals surface area contributed by atoms with Crippen LogP contribution < -0.4 is 10.6 Å². The monoisotopic (exact) mass is 235 g/mol. The highest BCUT2D eigenvalue weighted by Crippen LogP contribution is 2.38. The van der Waals surface area contributed by atoms with Gasteiger partial charge in [0.15, 0.2) is 0 Å². The van der Waals surface area contributed by atoms with Crippen LogP contribution in [-0.2, 0) is 0 Å². The Bertz CT molecular complexity index is 397. The van der Waals surface area contributed by atoms with E-state index in [1.807, 2.05) is 0 Å². The van der Waals surface area contributed by atoms with Crippen LogP contribution in [-0.4, -0.2) is 34.8 Å². The number of hydrogen-bond donors (Lipinski definition) is 2. The number of H-pyrrole nitrogens is 1. The molecule has 0 bridgehead atoms. The Kier molecular flexibility index (Phi) is 2.58. The third-order valence-electron chi connectivity index (χ3n) is 4.01. The molecule has 1 aromatic rings. The topological polar surface area (TPSA) is 70.8 Å². The molecule has 2 heterocycles. The fourth-order valence-corrected chi connectivity index (χ4v) is 2.60. The van der Waals surface area contributed by atoms with Crippen molar-refractivity contribution in [2.45, 2.75) is 38.5 Å². The largest absolute Gasteiger partial charge is 0.339 e. The summed E-state index contributed by atoms with van der Waals surface area (Å²) in [6.45, 7) is 5.03. The second-order valence-corrected chi connectivity index (χ2v) is 5.83. The highest BCUT2D eigenvalue weighted by atomic mass is 15.4. The minimum absolute atomic E-state index is 0.221. The number of aromatic nitrogens is 3. The molecule has 1 aliphatic carbocycles. The van der Waals surface area contributed by atoms with Gasteiger partial charge in [-0.25, -0.2) is 0 Å². The molecule has 5 nitrogen and oxygen atoms in total. The van der Waals surface area contributed by atoms with E-state index in [0.29, 0.717) is 5.92 Å². The van der Waals surface area contributed by atoms with E-state index in [4.69, 9.17) is 5.73 Å². The molecule has 1 aliphatic heterocycles. The number of hydrogen-bond acceptors (Lipinski definition) is 4. The fraction of sp³-hybridized carbons (Fsp3) is 0.833. The van der Waals surface area contributed by atoms with Crippen molar-refractivity contribution in [2.24, 2.45) is 11.1 Å². The molecule has 5 heteroatoms. The lowest BCUT2D eigenvalue weighted by atomic mass is 9.82. The van der Waals surface area contributed by atoms with Crippen molar-refractivity contribution < 1.29 is 0 Å². The molecule has 0 spiro atoms. The minimum Gasteiger partial charge on any atom is -0.339 e. The Labute approximate surface area is 102 Å². The van der Waals surface area contributed by atoms with E-state index < -0.39 is 0 Å². The van der Waals surface area contributed by atoms with Crippen molar-refractivity contribution in [1.82, 2.24) is 15.2 Å². The van der Waals surface area contributed by atoms with Crippen LogP contribution in [0, 0.1) is 5.41 Å². The van der Waals surface area contributed by atoms with Crippen LogP contribution in [0.15, 0.2) is 0 Å². The summed E-state index contributed by atoms with van der Waals surface area (Å²) in [6, 6.07) is 0. The maximum Gasteiger partial charge on any atom is 0.244 e. The van der Waals surface area contributed by atoms with Gasteiger partial charge in [-0.3, -0.25) is 5.10 Å². The third kappa shape index (κ3) is 2.16. The molecule has 1 atom stereocenters. The Morgan fingerprint density at radius 3 is 3.06 bits per heavy atom. The van der Waals surface area contributed by atoms with Crippen molar-refractivity contribution in [3.05, 3.63) is 5.82 Å². The Hall–Kier alpha value is -1.10. The first-order valence-corrected chi connectivity index (χ1v) is 6.57. The van der Waals surface area contributed by atoms with Crippen LogP contribution in [0.2, 0.25) is 0 Å². The van der Waals surface area contributed by atoms with Gasteiger partial charge in [0.2, 0.25) is 5.95 Å². The zero-order valence-corrected chi connectivity index (χ0v) is 10.4. The van der Waals surface area contributed by atoms with Gasteiger partial charge in [0.1, 0.15) is 5.82 Å². The van der Waals surface area contributed by atoms with Gasteiger partial charge < -0.3 is 10.6 Å². The molecule has 17 heavy (non-hydrogen) atoms. The third-order valence-corrected chi connectivity index (χ3v) is 4.01. The zero-order valence-electron chi connectivity index (χ0n) is 10.4. The summed E-state index contributed by atoms with van der Waals surface area (Å²) in [7, 11) is 0. The minimum atomic E-state index is 0.221. The van der Waals surface area contributed by atoms with Crippen LogP contribution in [0.5, 0.6) is 0 Å². The number of nitrogens with one attached hydrogen (secondary N) is 1. The lowest BCUT2D eigenvalue weighted by Crippen LogP contribution is -2.46. The predicted octanol–water partition coefficient (Wildman–Crippen LogP) is 1.25. The summed E-state index contributed by atoms with van der Waals surface area (Å²) in [5, 5.41) is 7.43. The smallest absolute Gasteiger partial charge is 0.244 e. The van der Waals surface area contributed by atoms with Crippen LogP contribution >= 0.6 is 0 Å². The van der Waals surface area contributed by atoms with Crippen LogP contribution in [0.25, 0.3) is 0 Å². The van der Waals surface area contributed by atoms with Crippen molar-refractivity contribution in [3.8, 4) is 0 Å². The van der Waals surface area contributed by atoms with E-state index in [1.54, 1.807) is 0 Å². The summed E-state index contributed by atoms with van der Waals surface area (Å²) >= 11 is 0. The summed E-state index contributed by atoms with van der Waals surface area (Å²) in [5.74, 6) is 2.58. The Morgan fingerprint density at radius 1 is 1.53 bits per heavy atom. The molecule has 3 rings (SSSR count). The Balaban J connectivity index is 1.73. The molecule has 2 aliphatic rings. The van der Waals surface area contributed by atoms with Gasteiger partial charge in [-0.2, -0.15) is 4.98 Å². The van der Waals surface area contributed by atoms with Crippen molar-refractivity contribution in [3.63, 3.8) is 0 Å². The normalized spacial score (nSPS) is 29.6. The van der Waals surface area contributed by atoms with Gasteiger partial charge in [0.25, 0.3) is 0 Å². The van der Waals surface area contributed by atoms with Crippen LogP contribution in [0.1, 0.15) is 44.3 Å². The molecule has 3 N–H and O–H groups in total. The summed E-state index contributed by atoms with van der Waals surface area (Å²) in [4.78, 5) is 6.89. The molecule has 1 unspecified atom stereocenters. The molecule has 0 amide bonds. The van der Waals surface area contributed by atoms with E-state index in [2.05, 4.69) is 27.0 Å². The first kappa shape index (κ1) is 11.0. The van der Waals surface area contributed by atoms with Gasteiger partial charge in [0, 0.05) is 19.0 Å². The lowest BCUT2D eigenvalue weighted by Gasteiger charge is -2.39. The standard InChI is InChI=1S/C12H21N5/c1-12(7-13)5-2-6-17(8-12)11-14-10(15-16-11)9-3-4-9/h9H,2-8,13H2,1H3,(H,14,15,16). The van der Waals surface area contributed by atoms with Crippen molar-refractivity contribution in [2.75, 3.05) is 24.5 Å². The molecule has 1 aromatic heterocycles. The fourth-order valence-electron chi connectivity index (χ4n) is 2.60. The number of anilines is 1. The first-order chi connectivity index (χ1) is 8.20. The first-order valence-electron chi connectivity index (χ1n) is 6.57. The lowest BCUT2D eigenvalue weighted by molar-refractivity contribution is 0.270. The van der Waals surface area contributed by atoms with E-state index in [0.717, 1.165) is 31.4 Å². The molecule has 1 saturated carbocycles. The Morgan fingerprint density at radius 2 is 2.35 bits per heavy atom. The SMILES string of the molecule is CC1(CN)CCCN(c2n[nH]c(C3CC3)n2)C1. The van der Waals surface area contributed by atoms with Gasteiger partial charge in [0.05, 0.1) is 0 Å². The molecular formula is C12H21N5. The number of nitrogens with two attached hydrogens (primary N) is 1. The predicted molar refractivity (Wildman–Crippen MR) is 67.0 cm³/mol. The summed E-state index contributed by atoms with van der Waals surface area (Å²) in [5.41, 5.74) is 6.09. The van der Waals surface area contributed by atoms with E-state index in [9.17, 15) is 0 Å². The number of piperidine rings is 1. The van der Waals surface area contributed by atoms with Crippen LogP contribution in [0.4, 0.5) is 5.95 Å². The van der Waals surface area contributed by atoms with E-state index in [-0.39, 0.29) is 5.41 Å². The van der Waals surface area contributed by atoms with Crippen LogP contribution in [0.3, 0.4) is 0 Å². The maximum atomic E-state index is 5.87. The van der Waals surface area contributed by atoms with E-state index >= 15 is 0 Å². The van der Waals surface area contributed by atoms with Crippen molar-refractivity contribution >= 4 is 5.95 Å². The number of rotatable bonds is 3. The molecular weight excluding hydrogens is 214 g/mol. The van der Waals surface area contributed by atoms with E-state index in [1.165, 1.54) is 25.7 Å². The van der Waals surface area contributed by atoms with Gasteiger partial charge in [-0.15, -0.1) is 5.10 Å². The molecule has 0 radical (unpaired) electrons. The highest BCUT2D eigenvalue weighted by molar-refractivity contribution is 5.31. The average Bonchev–Trinajstić information content (AvgIpc) is 3.07. The molecule has 94 valence electrons. The second kappa shape index (κ2) is 3.98. The zero-order chi connectivity index (χ0) is 11.9. The molecule has 0 aromatic carbocycles. The van der Waals surface area contributed by atoms with Gasteiger partial charge in [-0.1, -0.05) is 6.92 Å². The number of aromatic amines is 1. The molecule has 1 saturated heterocycles. The van der Waals surface area contributed by atoms with Gasteiger partial charge in [-0.05, 0) is 37.6 Å². The average molecular weight is 235 g/mol. The quantitative estimate of drug-likeness (QED) is 0.827. The number of nitrogens with zero attached hydrogens (tertiary/aromatic N) is 3. The van der Waals surface area contributed by atoms with Gasteiger partial charge >= 0.3 is 0 Å². The summed E-state index contributed by atoms with van der Waals surface area (Å²) < 4.78 is 0. The van der Waals surface area contributed by atoms with Crippen molar-refractivity contribution in [1.29, 1.82) is 0 Å². The maximum absolute atomic E-state index is 5.87. The summed E-state index contributed by atoms with van der Waals surface area (Å²) in [6.07, 6.45) is 4.91. The second-order valence-electron chi connectivity index (χ2n) is 5.83. The highest BCUT2D eigenvalue weighted by Gasteiger charge is 2.32.